The summed E-state index contributed by atoms with van der Waals surface area (Å²) in [6.07, 6.45) is 12.7. The summed E-state index contributed by atoms with van der Waals surface area (Å²) in [4.78, 5) is 4.22. The summed E-state index contributed by atoms with van der Waals surface area (Å²) in [5.74, 6) is 2.54. The SMILES string of the molecule is COc1ccc(OCC2CCCCC2c2ccnn2C2CCC2)cn1. The van der Waals surface area contributed by atoms with Crippen LogP contribution in [0.4, 0.5) is 0 Å². The highest BCUT2D eigenvalue weighted by Crippen LogP contribution is 2.41. The maximum Gasteiger partial charge on any atom is 0.213 e. The highest BCUT2D eigenvalue weighted by molar-refractivity contribution is 5.23. The van der Waals surface area contributed by atoms with E-state index in [1.165, 1.54) is 50.6 Å². The van der Waals surface area contributed by atoms with Crippen molar-refractivity contribution >= 4 is 0 Å². The fourth-order valence-electron chi connectivity index (χ4n) is 4.13. The Morgan fingerprint density at radius 3 is 2.68 bits per heavy atom. The molecule has 0 aliphatic heterocycles. The molecular formula is C20H27N3O2. The van der Waals surface area contributed by atoms with Crippen molar-refractivity contribution in [2.75, 3.05) is 13.7 Å². The van der Waals surface area contributed by atoms with Gasteiger partial charge in [-0.25, -0.2) is 4.98 Å². The minimum absolute atomic E-state index is 0.548. The molecule has 5 nitrogen and oxygen atoms in total. The third-order valence-electron chi connectivity index (χ3n) is 5.79. The van der Waals surface area contributed by atoms with E-state index in [1.807, 2.05) is 18.3 Å². The quantitative estimate of drug-likeness (QED) is 0.783. The van der Waals surface area contributed by atoms with Gasteiger partial charge < -0.3 is 9.47 Å². The van der Waals surface area contributed by atoms with E-state index in [4.69, 9.17) is 9.47 Å². The van der Waals surface area contributed by atoms with E-state index < -0.39 is 0 Å². The highest BCUT2D eigenvalue weighted by atomic mass is 16.5. The van der Waals surface area contributed by atoms with Crippen molar-refractivity contribution in [3.8, 4) is 11.6 Å². The molecule has 25 heavy (non-hydrogen) atoms. The van der Waals surface area contributed by atoms with Gasteiger partial charge in [0, 0.05) is 29.8 Å². The number of methoxy groups -OCH3 is 1. The van der Waals surface area contributed by atoms with Crippen molar-refractivity contribution in [1.29, 1.82) is 0 Å². The molecule has 5 heteroatoms. The van der Waals surface area contributed by atoms with E-state index in [0.29, 0.717) is 23.8 Å². The molecule has 0 N–H and O–H groups in total. The number of ether oxygens (including phenoxy) is 2. The lowest BCUT2D eigenvalue weighted by Gasteiger charge is -2.35. The average Bonchev–Trinajstić information content (AvgIpc) is 3.08. The zero-order valence-corrected chi connectivity index (χ0v) is 14.9. The summed E-state index contributed by atoms with van der Waals surface area (Å²) in [6, 6.07) is 6.64. The molecule has 0 radical (unpaired) electrons. The van der Waals surface area contributed by atoms with E-state index in [9.17, 15) is 0 Å². The molecule has 2 saturated carbocycles. The predicted octanol–water partition coefficient (Wildman–Crippen LogP) is 4.36. The lowest BCUT2D eigenvalue weighted by molar-refractivity contribution is 0.175. The molecule has 4 rings (SSSR count). The molecule has 134 valence electrons. The lowest BCUT2D eigenvalue weighted by Crippen LogP contribution is -2.28. The van der Waals surface area contributed by atoms with Crippen molar-refractivity contribution in [2.24, 2.45) is 5.92 Å². The fraction of sp³-hybridized carbons (Fsp3) is 0.600. The van der Waals surface area contributed by atoms with Crippen molar-refractivity contribution < 1.29 is 9.47 Å². The maximum absolute atomic E-state index is 6.07. The molecule has 2 aromatic heterocycles. The molecule has 2 atom stereocenters. The van der Waals surface area contributed by atoms with Gasteiger partial charge in [0.2, 0.25) is 5.88 Å². The van der Waals surface area contributed by atoms with Crippen molar-refractivity contribution in [3.63, 3.8) is 0 Å². The van der Waals surface area contributed by atoms with Crippen molar-refractivity contribution in [2.45, 2.75) is 56.9 Å². The van der Waals surface area contributed by atoms with Crippen LogP contribution in [-0.2, 0) is 0 Å². The van der Waals surface area contributed by atoms with Gasteiger partial charge in [-0.1, -0.05) is 12.8 Å². The Kier molecular flexibility index (Phi) is 4.90. The topological polar surface area (TPSA) is 49.2 Å². The lowest BCUT2D eigenvalue weighted by atomic mass is 9.77. The van der Waals surface area contributed by atoms with E-state index in [-0.39, 0.29) is 0 Å². The second-order valence-corrected chi connectivity index (χ2v) is 7.28. The summed E-state index contributed by atoms with van der Waals surface area (Å²) < 4.78 is 13.5. The first-order chi connectivity index (χ1) is 12.3. The Balaban J connectivity index is 1.44. The smallest absolute Gasteiger partial charge is 0.213 e. The minimum Gasteiger partial charge on any atom is -0.492 e. The van der Waals surface area contributed by atoms with Crippen LogP contribution < -0.4 is 9.47 Å². The highest BCUT2D eigenvalue weighted by Gasteiger charge is 2.32. The van der Waals surface area contributed by atoms with Crippen LogP contribution in [0, 0.1) is 5.92 Å². The van der Waals surface area contributed by atoms with Crippen LogP contribution in [-0.4, -0.2) is 28.5 Å². The van der Waals surface area contributed by atoms with Gasteiger partial charge in [-0.2, -0.15) is 5.10 Å². The van der Waals surface area contributed by atoms with Crippen LogP contribution in [0.1, 0.15) is 62.6 Å². The summed E-state index contributed by atoms with van der Waals surface area (Å²) >= 11 is 0. The molecular weight excluding hydrogens is 314 g/mol. The zero-order chi connectivity index (χ0) is 17.1. The molecule has 0 amide bonds. The third-order valence-corrected chi connectivity index (χ3v) is 5.79. The zero-order valence-electron chi connectivity index (χ0n) is 14.9. The van der Waals surface area contributed by atoms with E-state index in [2.05, 4.69) is 20.8 Å². The Morgan fingerprint density at radius 2 is 1.96 bits per heavy atom. The number of hydrogen-bond donors (Lipinski definition) is 0. The van der Waals surface area contributed by atoms with Crippen LogP contribution in [0.15, 0.2) is 30.6 Å². The van der Waals surface area contributed by atoms with Crippen LogP contribution >= 0.6 is 0 Å². The van der Waals surface area contributed by atoms with Crippen molar-refractivity contribution in [3.05, 3.63) is 36.3 Å². The predicted molar refractivity (Wildman–Crippen MR) is 96.1 cm³/mol. The van der Waals surface area contributed by atoms with Crippen LogP contribution in [0.2, 0.25) is 0 Å². The second-order valence-electron chi connectivity index (χ2n) is 7.28. The van der Waals surface area contributed by atoms with E-state index in [0.717, 1.165) is 12.4 Å². The molecule has 2 fully saturated rings. The first-order valence-corrected chi connectivity index (χ1v) is 9.51. The minimum atomic E-state index is 0.548. The molecule has 2 unspecified atom stereocenters. The molecule has 0 bridgehead atoms. The summed E-state index contributed by atoms with van der Waals surface area (Å²) in [5, 5.41) is 4.64. The van der Waals surface area contributed by atoms with Gasteiger partial charge in [0.05, 0.1) is 26.0 Å². The number of pyridine rings is 1. The van der Waals surface area contributed by atoms with Gasteiger partial charge in [-0.05, 0) is 44.2 Å². The van der Waals surface area contributed by atoms with Crippen molar-refractivity contribution in [1.82, 2.24) is 14.8 Å². The van der Waals surface area contributed by atoms with Crippen LogP contribution in [0.3, 0.4) is 0 Å². The largest absolute Gasteiger partial charge is 0.492 e. The Hall–Kier alpha value is -2.04. The number of rotatable bonds is 6. The Morgan fingerprint density at radius 1 is 1.08 bits per heavy atom. The molecule has 2 aromatic rings. The summed E-state index contributed by atoms with van der Waals surface area (Å²) in [5.41, 5.74) is 1.42. The first-order valence-electron chi connectivity index (χ1n) is 9.51. The Labute approximate surface area is 149 Å². The maximum atomic E-state index is 6.07. The number of hydrogen-bond acceptors (Lipinski definition) is 4. The standard InChI is InChI=1S/C20H27N3O2/c1-24-20-10-9-17(13-21-20)25-14-15-5-2-3-8-18(15)19-11-12-22-23(19)16-6-4-7-16/h9-13,15-16,18H,2-8,14H2,1H3. The third kappa shape index (κ3) is 3.51. The molecule has 2 aliphatic rings. The van der Waals surface area contributed by atoms with E-state index in [1.54, 1.807) is 13.3 Å². The van der Waals surface area contributed by atoms with Gasteiger partial charge in [0.1, 0.15) is 5.75 Å². The van der Waals surface area contributed by atoms with Crippen LogP contribution in [0.25, 0.3) is 0 Å². The summed E-state index contributed by atoms with van der Waals surface area (Å²) in [6.45, 7) is 0.745. The molecule has 2 aliphatic carbocycles. The van der Waals surface area contributed by atoms with Gasteiger partial charge in [0.15, 0.2) is 0 Å². The van der Waals surface area contributed by atoms with Gasteiger partial charge in [-0.15, -0.1) is 0 Å². The number of aromatic nitrogens is 3. The normalized spacial score (nSPS) is 23.9. The molecule has 2 heterocycles. The van der Waals surface area contributed by atoms with Crippen LogP contribution in [0.5, 0.6) is 11.6 Å². The Bertz CT molecular complexity index is 679. The second kappa shape index (κ2) is 7.46. The summed E-state index contributed by atoms with van der Waals surface area (Å²) in [7, 11) is 1.63. The monoisotopic (exact) mass is 341 g/mol. The molecule has 0 aromatic carbocycles. The number of nitrogens with zero attached hydrogens (tertiary/aromatic N) is 3. The van der Waals surface area contributed by atoms with Gasteiger partial charge >= 0.3 is 0 Å². The average molecular weight is 341 g/mol. The van der Waals surface area contributed by atoms with E-state index >= 15 is 0 Å². The molecule has 0 spiro atoms. The molecule has 0 saturated heterocycles. The fourth-order valence-corrected chi connectivity index (χ4v) is 4.13. The van der Waals surface area contributed by atoms with Gasteiger partial charge in [-0.3, -0.25) is 4.68 Å². The first kappa shape index (κ1) is 16.4. The van der Waals surface area contributed by atoms with Gasteiger partial charge in [0.25, 0.3) is 0 Å².